The molecule has 1 heterocycles. The Labute approximate surface area is 122 Å². The Morgan fingerprint density at radius 2 is 2.16 bits per heavy atom. The minimum Gasteiger partial charge on any atom is -0.295 e. The molecule has 0 saturated carbocycles. The van der Waals surface area contributed by atoms with Crippen LogP contribution in [0.1, 0.15) is 24.5 Å². The van der Waals surface area contributed by atoms with Crippen LogP contribution < -0.4 is 5.56 Å². The van der Waals surface area contributed by atoms with Crippen molar-refractivity contribution in [2.45, 2.75) is 25.3 Å². The standard InChI is InChI=1S/C14H17ClN2OS/c1-10(15)13-16-12-7-4-3-6-11(12)14(18)17(13)8-5-9-19-2/h3-4,6-7,10H,5,8-9H2,1-2H3. The lowest BCUT2D eigenvalue weighted by Crippen LogP contribution is -2.26. The maximum Gasteiger partial charge on any atom is 0.261 e. The highest BCUT2D eigenvalue weighted by molar-refractivity contribution is 7.98. The number of nitrogens with zero attached hydrogens (tertiary/aromatic N) is 2. The number of fused-ring (bicyclic) bond motifs is 1. The summed E-state index contributed by atoms with van der Waals surface area (Å²) in [6, 6.07) is 7.42. The molecule has 0 amide bonds. The zero-order chi connectivity index (χ0) is 13.8. The average molecular weight is 297 g/mol. The van der Waals surface area contributed by atoms with Crippen LogP contribution in [0.15, 0.2) is 29.1 Å². The summed E-state index contributed by atoms with van der Waals surface area (Å²) < 4.78 is 1.72. The molecule has 0 radical (unpaired) electrons. The van der Waals surface area contributed by atoms with Crippen LogP contribution in [0.5, 0.6) is 0 Å². The highest BCUT2D eigenvalue weighted by atomic mass is 35.5. The molecule has 0 aliphatic carbocycles. The number of hydrogen-bond donors (Lipinski definition) is 0. The third kappa shape index (κ3) is 3.12. The number of alkyl halides is 1. The number of hydrogen-bond acceptors (Lipinski definition) is 3. The lowest BCUT2D eigenvalue weighted by Gasteiger charge is -2.14. The molecule has 3 nitrogen and oxygen atoms in total. The zero-order valence-electron chi connectivity index (χ0n) is 11.1. The molecule has 19 heavy (non-hydrogen) atoms. The Bertz CT molecular complexity index is 624. The Balaban J connectivity index is 2.54. The highest BCUT2D eigenvalue weighted by Crippen LogP contribution is 2.19. The minimum absolute atomic E-state index is 0.00852. The van der Waals surface area contributed by atoms with Gasteiger partial charge in [-0.05, 0) is 37.5 Å². The van der Waals surface area contributed by atoms with Crippen molar-refractivity contribution in [3.8, 4) is 0 Å². The van der Waals surface area contributed by atoms with Crippen LogP contribution >= 0.6 is 23.4 Å². The summed E-state index contributed by atoms with van der Waals surface area (Å²) in [5, 5.41) is 0.388. The Morgan fingerprint density at radius 3 is 2.84 bits per heavy atom. The fourth-order valence-electron chi connectivity index (χ4n) is 2.07. The van der Waals surface area contributed by atoms with E-state index in [0.29, 0.717) is 17.8 Å². The van der Waals surface area contributed by atoms with E-state index in [1.165, 1.54) is 0 Å². The number of aromatic nitrogens is 2. The minimum atomic E-state index is -0.272. The Hall–Kier alpha value is -1.00. The van der Waals surface area contributed by atoms with E-state index in [1.807, 2.05) is 31.2 Å². The van der Waals surface area contributed by atoms with E-state index >= 15 is 0 Å². The molecule has 0 aliphatic rings. The molecule has 5 heteroatoms. The van der Waals surface area contributed by atoms with Crippen LogP contribution in [0.3, 0.4) is 0 Å². The maximum atomic E-state index is 12.5. The van der Waals surface area contributed by atoms with Crippen LogP contribution in [-0.4, -0.2) is 21.6 Å². The quantitative estimate of drug-likeness (QED) is 0.626. The van der Waals surface area contributed by atoms with Crippen LogP contribution in [-0.2, 0) is 6.54 Å². The molecule has 1 atom stereocenters. The second kappa shape index (κ2) is 6.44. The molecule has 0 saturated heterocycles. The van der Waals surface area contributed by atoms with Crippen LogP contribution in [0.4, 0.5) is 0 Å². The first-order chi connectivity index (χ1) is 9.15. The van der Waals surface area contributed by atoms with Gasteiger partial charge >= 0.3 is 0 Å². The number of benzene rings is 1. The summed E-state index contributed by atoms with van der Waals surface area (Å²) in [4.78, 5) is 17.0. The van der Waals surface area contributed by atoms with Crippen LogP contribution in [0.25, 0.3) is 10.9 Å². The molecule has 1 aromatic heterocycles. The summed E-state index contributed by atoms with van der Waals surface area (Å²) in [5.74, 6) is 1.68. The molecular formula is C14H17ClN2OS. The molecule has 0 fully saturated rings. The molecule has 2 aromatic rings. The monoisotopic (exact) mass is 296 g/mol. The van der Waals surface area contributed by atoms with Crippen molar-refractivity contribution < 1.29 is 0 Å². The van der Waals surface area contributed by atoms with Gasteiger partial charge in [-0.1, -0.05) is 12.1 Å². The van der Waals surface area contributed by atoms with Crippen molar-refractivity contribution in [3.05, 3.63) is 40.4 Å². The van der Waals surface area contributed by atoms with Crippen LogP contribution in [0.2, 0.25) is 0 Å². The van der Waals surface area contributed by atoms with E-state index in [0.717, 1.165) is 17.7 Å². The maximum absolute atomic E-state index is 12.5. The second-order valence-corrected chi connectivity index (χ2v) is 6.05. The smallest absolute Gasteiger partial charge is 0.261 e. The summed E-state index contributed by atoms with van der Waals surface area (Å²) in [7, 11) is 0. The van der Waals surface area contributed by atoms with Crippen LogP contribution in [0, 0.1) is 0 Å². The fraction of sp³-hybridized carbons (Fsp3) is 0.429. The van der Waals surface area contributed by atoms with E-state index in [4.69, 9.17) is 11.6 Å². The number of rotatable bonds is 5. The summed E-state index contributed by atoms with van der Waals surface area (Å²) in [5.41, 5.74) is 0.727. The van der Waals surface area contributed by atoms with Gasteiger partial charge in [0.15, 0.2) is 0 Å². The number of para-hydroxylation sites is 1. The van der Waals surface area contributed by atoms with E-state index in [-0.39, 0.29) is 10.9 Å². The Kier molecular flexibility index (Phi) is 4.88. The molecule has 0 aliphatic heterocycles. The van der Waals surface area contributed by atoms with Crippen molar-refractivity contribution in [2.24, 2.45) is 0 Å². The first-order valence-electron chi connectivity index (χ1n) is 6.27. The summed E-state index contributed by atoms with van der Waals surface area (Å²) in [6.07, 6.45) is 3.00. The number of halogens is 1. The second-order valence-electron chi connectivity index (χ2n) is 4.41. The zero-order valence-corrected chi connectivity index (χ0v) is 12.7. The van der Waals surface area contributed by atoms with Crippen molar-refractivity contribution >= 4 is 34.3 Å². The highest BCUT2D eigenvalue weighted by Gasteiger charge is 2.14. The molecule has 1 unspecified atom stereocenters. The van der Waals surface area contributed by atoms with Gasteiger partial charge in [0.1, 0.15) is 5.82 Å². The number of thioether (sulfide) groups is 1. The van der Waals surface area contributed by atoms with Crippen molar-refractivity contribution in [3.63, 3.8) is 0 Å². The molecule has 0 spiro atoms. The topological polar surface area (TPSA) is 34.9 Å². The van der Waals surface area contributed by atoms with Gasteiger partial charge in [0.25, 0.3) is 5.56 Å². The van der Waals surface area contributed by atoms with Gasteiger partial charge in [-0.15, -0.1) is 11.6 Å². The average Bonchev–Trinajstić information content (AvgIpc) is 2.41. The van der Waals surface area contributed by atoms with Gasteiger partial charge in [-0.25, -0.2) is 4.98 Å². The first kappa shape index (κ1) is 14.4. The SMILES string of the molecule is CSCCCn1c(C(C)Cl)nc2ccccc2c1=O. The first-order valence-corrected chi connectivity index (χ1v) is 8.10. The predicted octanol–water partition coefficient (Wildman–Crippen LogP) is 3.45. The molecular weight excluding hydrogens is 280 g/mol. The van der Waals surface area contributed by atoms with Gasteiger partial charge in [0.2, 0.25) is 0 Å². The van der Waals surface area contributed by atoms with E-state index < -0.39 is 0 Å². The predicted molar refractivity (Wildman–Crippen MR) is 83.3 cm³/mol. The fourth-order valence-corrected chi connectivity index (χ4v) is 2.66. The van der Waals surface area contributed by atoms with E-state index in [1.54, 1.807) is 16.3 Å². The molecule has 2 rings (SSSR count). The van der Waals surface area contributed by atoms with Gasteiger partial charge in [-0.2, -0.15) is 11.8 Å². The Morgan fingerprint density at radius 1 is 1.42 bits per heavy atom. The largest absolute Gasteiger partial charge is 0.295 e. The third-order valence-corrected chi connectivity index (χ3v) is 3.87. The van der Waals surface area contributed by atoms with Crippen molar-refractivity contribution in [1.29, 1.82) is 0 Å². The summed E-state index contributed by atoms with van der Waals surface area (Å²) in [6.45, 7) is 2.52. The molecule has 102 valence electrons. The van der Waals surface area contributed by atoms with Crippen molar-refractivity contribution in [2.75, 3.05) is 12.0 Å². The van der Waals surface area contributed by atoms with Gasteiger partial charge in [0, 0.05) is 6.54 Å². The van der Waals surface area contributed by atoms with Gasteiger partial charge in [-0.3, -0.25) is 9.36 Å². The molecule has 0 N–H and O–H groups in total. The summed E-state index contributed by atoms with van der Waals surface area (Å²) >= 11 is 7.94. The molecule has 1 aromatic carbocycles. The lowest BCUT2D eigenvalue weighted by atomic mass is 10.2. The van der Waals surface area contributed by atoms with Gasteiger partial charge < -0.3 is 0 Å². The van der Waals surface area contributed by atoms with E-state index in [9.17, 15) is 4.79 Å². The van der Waals surface area contributed by atoms with Gasteiger partial charge in [0.05, 0.1) is 16.3 Å². The van der Waals surface area contributed by atoms with E-state index in [2.05, 4.69) is 11.2 Å². The lowest BCUT2D eigenvalue weighted by molar-refractivity contribution is 0.608. The van der Waals surface area contributed by atoms with Crippen molar-refractivity contribution in [1.82, 2.24) is 9.55 Å². The normalized spacial score (nSPS) is 12.8. The third-order valence-electron chi connectivity index (χ3n) is 2.98. The molecule has 0 bridgehead atoms.